The average molecular weight is 565 g/mol. The molecule has 10 heteroatoms. The molecule has 1 amide bonds. The number of hydrogen-bond donors (Lipinski definition) is 3. The van der Waals surface area contributed by atoms with Gasteiger partial charge in [-0.25, -0.2) is 8.42 Å². The molecular weight excluding hydrogens is 532 g/mol. The Morgan fingerprint density at radius 3 is 2.17 bits per heavy atom. The van der Waals surface area contributed by atoms with Gasteiger partial charge in [-0.3, -0.25) is 9.59 Å². The summed E-state index contributed by atoms with van der Waals surface area (Å²) < 4.78 is 39.3. The van der Waals surface area contributed by atoms with Crippen molar-refractivity contribution in [2.24, 2.45) is 5.92 Å². The molecule has 0 saturated carbocycles. The monoisotopic (exact) mass is 564 g/mol. The zero-order chi connectivity index (χ0) is 29.0. The molecule has 1 unspecified atom stereocenters. The zero-order valence-electron chi connectivity index (χ0n) is 22.7. The van der Waals surface area contributed by atoms with Crippen LogP contribution in [0.2, 0.25) is 0 Å². The number of sulfonamides is 1. The number of nitrogens with one attached hydrogen (secondary N) is 2. The van der Waals surface area contributed by atoms with E-state index in [4.69, 9.17) is 9.15 Å². The molecular formula is C30H32N2O7S. The van der Waals surface area contributed by atoms with E-state index in [-0.39, 0.29) is 16.6 Å². The minimum absolute atomic E-state index is 0.0310. The fourth-order valence-electron chi connectivity index (χ4n) is 4.28. The molecule has 0 radical (unpaired) electrons. The maximum absolute atomic E-state index is 13.0. The largest absolute Gasteiger partial charge is 0.493 e. The summed E-state index contributed by atoms with van der Waals surface area (Å²) in [5.41, 5.74) is 3.40. The number of carbonyl (C=O) groups is 2. The molecule has 0 spiro atoms. The normalized spacial score (nSPS) is 12.4. The summed E-state index contributed by atoms with van der Waals surface area (Å²) >= 11 is 0. The number of aliphatic carboxylic acids is 1. The number of furan rings is 1. The highest BCUT2D eigenvalue weighted by Crippen LogP contribution is 2.34. The number of carboxylic acids is 1. The predicted molar refractivity (Wildman–Crippen MR) is 153 cm³/mol. The van der Waals surface area contributed by atoms with Crippen LogP contribution in [0, 0.1) is 12.8 Å². The van der Waals surface area contributed by atoms with Crippen molar-refractivity contribution in [1.29, 1.82) is 0 Å². The highest BCUT2D eigenvalue weighted by atomic mass is 32.2. The van der Waals surface area contributed by atoms with E-state index in [1.807, 2.05) is 26.0 Å². The maximum Gasteiger partial charge on any atom is 0.322 e. The fraction of sp³-hybridized carbons (Fsp3) is 0.267. The van der Waals surface area contributed by atoms with Crippen LogP contribution in [0.25, 0.3) is 22.1 Å². The third-order valence-corrected chi connectivity index (χ3v) is 7.90. The highest BCUT2D eigenvalue weighted by molar-refractivity contribution is 7.89. The number of anilines is 1. The molecule has 3 N–H and O–H groups in total. The number of carbonyl (C=O) groups excluding carboxylic acids is 1. The minimum Gasteiger partial charge on any atom is -0.493 e. The van der Waals surface area contributed by atoms with E-state index in [0.29, 0.717) is 29.2 Å². The van der Waals surface area contributed by atoms with Gasteiger partial charge in [0.25, 0.3) is 5.91 Å². The molecule has 0 bridgehead atoms. The molecule has 1 atom stereocenters. The minimum atomic E-state index is -4.01. The second-order valence-corrected chi connectivity index (χ2v) is 11.5. The van der Waals surface area contributed by atoms with Crippen LogP contribution >= 0.6 is 0 Å². The Balaban J connectivity index is 1.48. The molecule has 9 nitrogen and oxygen atoms in total. The van der Waals surface area contributed by atoms with Gasteiger partial charge in [0, 0.05) is 11.3 Å². The number of carboxylic acid groups (broad SMARTS) is 1. The second kappa shape index (κ2) is 11.9. The quantitative estimate of drug-likeness (QED) is 0.208. The molecule has 1 aromatic heterocycles. The summed E-state index contributed by atoms with van der Waals surface area (Å²) in [7, 11) is -4.01. The first-order valence-corrected chi connectivity index (χ1v) is 14.4. The number of ether oxygens (including phenoxy) is 1. The van der Waals surface area contributed by atoms with E-state index in [1.54, 1.807) is 56.3 Å². The van der Waals surface area contributed by atoms with E-state index in [9.17, 15) is 23.1 Å². The molecule has 4 aromatic rings. The van der Waals surface area contributed by atoms with Crippen molar-refractivity contribution in [2.75, 3.05) is 11.9 Å². The number of amides is 1. The van der Waals surface area contributed by atoms with Crippen molar-refractivity contribution in [3.05, 3.63) is 78.1 Å². The van der Waals surface area contributed by atoms with Crippen LogP contribution in [-0.2, 0) is 14.8 Å². The highest BCUT2D eigenvalue weighted by Gasteiger charge is 2.28. The van der Waals surface area contributed by atoms with Gasteiger partial charge in [-0.1, -0.05) is 51.1 Å². The van der Waals surface area contributed by atoms with Gasteiger partial charge in [0.15, 0.2) is 5.76 Å². The Morgan fingerprint density at radius 2 is 1.60 bits per heavy atom. The molecule has 1 heterocycles. The molecule has 0 aliphatic heterocycles. The van der Waals surface area contributed by atoms with Crippen LogP contribution in [-0.4, -0.2) is 38.0 Å². The summed E-state index contributed by atoms with van der Waals surface area (Å²) in [4.78, 5) is 24.4. The molecule has 40 heavy (non-hydrogen) atoms. The fourth-order valence-corrected chi connectivity index (χ4v) is 5.62. The standard InChI is InChI=1S/C30H32N2O7S/c1-5-17-38-24-7-6-8-25-26(24)19(4)28(39-25)29(33)31-22-13-9-20(10-14-22)21-11-15-23(16-12-21)40(36,37)32-27(18(2)3)30(34)35/h6-16,18,27,32H,5,17H2,1-4H3,(H,31,33)(H,34,35). The number of hydrogen-bond acceptors (Lipinski definition) is 6. The molecule has 0 saturated heterocycles. The van der Waals surface area contributed by atoms with Gasteiger partial charge in [-0.2, -0.15) is 4.72 Å². The molecule has 0 aliphatic rings. The van der Waals surface area contributed by atoms with Gasteiger partial charge in [0.1, 0.15) is 17.4 Å². The molecule has 3 aromatic carbocycles. The smallest absolute Gasteiger partial charge is 0.322 e. The van der Waals surface area contributed by atoms with Gasteiger partial charge >= 0.3 is 5.97 Å². The van der Waals surface area contributed by atoms with Crippen molar-refractivity contribution >= 4 is 38.6 Å². The Bertz CT molecular complexity index is 1620. The lowest BCUT2D eigenvalue weighted by molar-refractivity contribution is -0.140. The number of fused-ring (bicyclic) bond motifs is 1. The molecule has 210 valence electrons. The van der Waals surface area contributed by atoms with E-state index < -0.39 is 28.0 Å². The Kier molecular flexibility index (Phi) is 8.61. The third kappa shape index (κ3) is 6.19. The van der Waals surface area contributed by atoms with Crippen LogP contribution in [0.15, 0.2) is 76.0 Å². The lowest BCUT2D eigenvalue weighted by atomic mass is 10.1. The Labute approximate surface area is 233 Å². The van der Waals surface area contributed by atoms with Crippen LogP contribution in [0.4, 0.5) is 5.69 Å². The summed E-state index contributed by atoms with van der Waals surface area (Å²) in [5, 5.41) is 12.9. The van der Waals surface area contributed by atoms with Crippen molar-refractivity contribution in [3.8, 4) is 16.9 Å². The summed E-state index contributed by atoms with van der Waals surface area (Å²) in [6.07, 6.45) is 0.864. The van der Waals surface area contributed by atoms with Gasteiger partial charge < -0.3 is 19.6 Å². The predicted octanol–water partition coefficient (Wildman–Crippen LogP) is 5.84. The van der Waals surface area contributed by atoms with Gasteiger partial charge in [0.05, 0.1) is 16.9 Å². The number of aryl methyl sites for hydroxylation is 1. The lowest BCUT2D eigenvalue weighted by Crippen LogP contribution is -2.44. The van der Waals surface area contributed by atoms with E-state index in [1.165, 1.54) is 12.1 Å². The molecule has 0 fully saturated rings. The van der Waals surface area contributed by atoms with Gasteiger partial charge in [-0.15, -0.1) is 0 Å². The first-order valence-electron chi connectivity index (χ1n) is 12.9. The molecule has 0 aliphatic carbocycles. The summed E-state index contributed by atoms with van der Waals surface area (Å²) in [6, 6.07) is 17.5. The maximum atomic E-state index is 13.0. The zero-order valence-corrected chi connectivity index (χ0v) is 23.5. The van der Waals surface area contributed by atoms with Crippen LogP contribution in [0.1, 0.15) is 43.3 Å². The first-order chi connectivity index (χ1) is 19.0. The molecule has 4 rings (SSSR count). The summed E-state index contributed by atoms with van der Waals surface area (Å²) in [6.45, 7) is 7.68. The van der Waals surface area contributed by atoms with E-state index >= 15 is 0 Å². The van der Waals surface area contributed by atoms with Gasteiger partial charge in [-0.05, 0) is 66.8 Å². The second-order valence-electron chi connectivity index (χ2n) is 9.77. The topological polar surface area (TPSA) is 135 Å². The SMILES string of the molecule is CCCOc1cccc2oc(C(=O)Nc3ccc(-c4ccc(S(=O)(=O)NC(C(=O)O)C(C)C)cc4)cc3)c(C)c12. The summed E-state index contributed by atoms with van der Waals surface area (Å²) in [5.74, 6) is -1.15. The van der Waals surface area contributed by atoms with Crippen LogP contribution in [0.5, 0.6) is 5.75 Å². The average Bonchev–Trinajstić information content (AvgIpc) is 3.28. The van der Waals surface area contributed by atoms with Crippen molar-refractivity contribution in [1.82, 2.24) is 4.72 Å². The van der Waals surface area contributed by atoms with Crippen molar-refractivity contribution in [2.45, 2.75) is 45.1 Å². The number of benzene rings is 3. The van der Waals surface area contributed by atoms with Crippen LogP contribution < -0.4 is 14.8 Å². The number of rotatable bonds is 11. The van der Waals surface area contributed by atoms with Crippen LogP contribution in [0.3, 0.4) is 0 Å². The van der Waals surface area contributed by atoms with Crippen molar-refractivity contribution < 1.29 is 32.3 Å². The Hall–Kier alpha value is -4.15. The lowest BCUT2D eigenvalue weighted by Gasteiger charge is -2.18. The van der Waals surface area contributed by atoms with E-state index in [0.717, 1.165) is 22.9 Å². The van der Waals surface area contributed by atoms with Gasteiger partial charge in [0.2, 0.25) is 10.0 Å². The van der Waals surface area contributed by atoms with Crippen molar-refractivity contribution in [3.63, 3.8) is 0 Å². The first kappa shape index (κ1) is 28.8. The third-order valence-electron chi connectivity index (χ3n) is 6.44. The Morgan fingerprint density at radius 1 is 0.975 bits per heavy atom. The van der Waals surface area contributed by atoms with E-state index in [2.05, 4.69) is 10.0 Å².